The molecule has 106 valence electrons. The van der Waals surface area contributed by atoms with E-state index in [2.05, 4.69) is 30.1 Å². The lowest BCUT2D eigenvalue weighted by atomic mass is 10.1. The first-order chi connectivity index (χ1) is 9.18. The second kappa shape index (κ2) is 7.56. The van der Waals surface area contributed by atoms with Crippen LogP contribution < -0.4 is 5.32 Å². The van der Waals surface area contributed by atoms with Gasteiger partial charge in [-0.2, -0.15) is 0 Å². The molecule has 0 fully saturated rings. The van der Waals surface area contributed by atoms with Gasteiger partial charge in [0.15, 0.2) is 0 Å². The zero-order valence-corrected chi connectivity index (χ0v) is 12.2. The van der Waals surface area contributed by atoms with Crippen molar-refractivity contribution in [2.45, 2.75) is 6.92 Å². The van der Waals surface area contributed by atoms with E-state index in [-0.39, 0.29) is 18.4 Å². The largest absolute Gasteiger partial charge is 0.460 e. The average Bonchev–Trinajstić information content (AvgIpc) is 2.43. The van der Waals surface area contributed by atoms with Gasteiger partial charge in [-0.15, -0.1) is 12.4 Å². The minimum absolute atomic E-state index is 0. The van der Waals surface area contributed by atoms with E-state index in [1.807, 2.05) is 24.3 Å². The molecular formula is C16H18ClNO2. The molecule has 0 amide bonds. The maximum Gasteiger partial charge on any atom is 0.333 e. The van der Waals surface area contributed by atoms with Gasteiger partial charge in [0.25, 0.3) is 0 Å². The Morgan fingerprint density at radius 2 is 1.90 bits per heavy atom. The average molecular weight is 292 g/mol. The van der Waals surface area contributed by atoms with E-state index in [0.29, 0.717) is 18.7 Å². The molecule has 4 heteroatoms. The normalized spacial score (nSPS) is 9.65. The molecule has 0 aliphatic carbocycles. The Hall–Kier alpha value is -2.00. The van der Waals surface area contributed by atoms with E-state index in [1.165, 1.54) is 5.39 Å². The van der Waals surface area contributed by atoms with E-state index in [1.54, 1.807) is 6.92 Å². The maximum atomic E-state index is 11.2. The highest BCUT2D eigenvalue weighted by atomic mass is 35.5. The predicted octanol–water partition coefficient (Wildman–Crippen LogP) is 3.79. The number of rotatable bonds is 5. The smallest absolute Gasteiger partial charge is 0.333 e. The Morgan fingerprint density at radius 3 is 2.65 bits per heavy atom. The fraction of sp³-hybridized carbons (Fsp3) is 0.188. The van der Waals surface area contributed by atoms with Crippen molar-refractivity contribution in [3.05, 3.63) is 54.6 Å². The van der Waals surface area contributed by atoms with Crippen LogP contribution in [0.1, 0.15) is 6.92 Å². The van der Waals surface area contributed by atoms with Crippen LogP contribution in [0.5, 0.6) is 0 Å². The van der Waals surface area contributed by atoms with Gasteiger partial charge in [-0.05, 0) is 18.4 Å². The first-order valence-electron chi connectivity index (χ1n) is 6.23. The van der Waals surface area contributed by atoms with E-state index < -0.39 is 0 Å². The van der Waals surface area contributed by atoms with Crippen molar-refractivity contribution in [3.8, 4) is 0 Å². The van der Waals surface area contributed by atoms with Crippen molar-refractivity contribution in [3.63, 3.8) is 0 Å². The molecule has 0 saturated carbocycles. The summed E-state index contributed by atoms with van der Waals surface area (Å²) >= 11 is 0. The highest BCUT2D eigenvalue weighted by Gasteiger charge is 2.03. The lowest BCUT2D eigenvalue weighted by molar-refractivity contribution is -0.138. The maximum absolute atomic E-state index is 11.2. The molecule has 0 saturated heterocycles. The van der Waals surface area contributed by atoms with Gasteiger partial charge in [-0.25, -0.2) is 4.79 Å². The molecule has 0 aromatic heterocycles. The summed E-state index contributed by atoms with van der Waals surface area (Å²) in [4.78, 5) is 11.2. The van der Waals surface area contributed by atoms with Crippen molar-refractivity contribution in [2.75, 3.05) is 18.5 Å². The second-order valence-corrected chi connectivity index (χ2v) is 4.37. The summed E-state index contributed by atoms with van der Waals surface area (Å²) in [7, 11) is 0. The Bertz CT molecular complexity index is 605. The minimum atomic E-state index is -0.347. The zero-order chi connectivity index (χ0) is 13.7. The number of halogens is 1. The topological polar surface area (TPSA) is 38.3 Å². The van der Waals surface area contributed by atoms with Crippen LogP contribution in [-0.2, 0) is 9.53 Å². The van der Waals surface area contributed by atoms with Crippen LogP contribution in [0.4, 0.5) is 5.69 Å². The number of anilines is 1. The van der Waals surface area contributed by atoms with Gasteiger partial charge < -0.3 is 10.1 Å². The van der Waals surface area contributed by atoms with Crippen molar-refractivity contribution in [1.29, 1.82) is 0 Å². The number of benzene rings is 2. The van der Waals surface area contributed by atoms with Gasteiger partial charge >= 0.3 is 5.97 Å². The second-order valence-electron chi connectivity index (χ2n) is 4.37. The van der Waals surface area contributed by atoms with Crippen LogP contribution in [0, 0.1) is 0 Å². The standard InChI is InChI=1S/C16H17NO2.ClH/c1-12(2)16(18)19-11-10-17-15-9-5-7-13-6-3-4-8-14(13)15;/h3-9,17H,1,10-11H2,2H3;1H. The third kappa shape index (κ3) is 4.00. The summed E-state index contributed by atoms with van der Waals surface area (Å²) in [6.45, 7) is 6.08. The first kappa shape index (κ1) is 16.1. The van der Waals surface area contributed by atoms with Gasteiger partial charge in [0.1, 0.15) is 6.61 Å². The molecule has 0 aliphatic rings. The van der Waals surface area contributed by atoms with Gasteiger partial charge in [-0.1, -0.05) is 43.0 Å². The van der Waals surface area contributed by atoms with Crippen molar-refractivity contribution in [2.24, 2.45) is 0 Å². The molecule has 2 aromatic carbocycles. The number of fused-ring (bicyclic) bond motifs is 1. The summed E-state index contributed by atoms with van der Waals surface area (Å²) in [5.74, 6) is -0.347. The summed E-state index contributed by atoms with van der Waals surface area (Å²) < 4.78 is 5.04. The molecule has 3 nitrogen and oxygen atoms in total. The fourth-order valence-electron chi connectivity index (χ4n) is 1.83. The Kier molecular flexibility index (Phi) is 6.07. The molecule has 0 heterocycles. The SMILES string of the molecule is C=C(C)C(=O)OCCNc1cccc2ccccc12.Cl. The summed E-state index contributed by atoms with van der Waals surface area (Å²) in [6, 6.07) is 14.3. The molecule has 2 aromatic rings. The summed E-state index contributed by atoms with van der Waals surface area (Å²) in [5, 5.41) is 5.62. The fourth-order valence-corrected chi connectivity index (χ4v) is 1.83. The van der Waals surface area contributed by atoms with E-state index in [0.717, 1.165) is 11.1 Å². The van der Waals surface area contributed by atoms with Gasteiger partial charge in [0.2, 0.25) is 0 Å². The molecule has 0 radical (unpaired) electrons. The van der Waals surface area contributed by atoms with Crippen LogP contribution in [-0.4, -0.2) is 19.1 Å². The van der Waals surface area contributed by atoms with Crippen molar-refractivity contribution >= 4 is 34.8 Å². The molecule has 0 atom stereocenters. The molecule has 1 N–H and O–H groups in total. The summed E-state index contributed by atoms with van der Waals surface area (Å²) in [6.07, 6.45) is 0. The number of carbonyl (C=O) groups excluding carboxylic acids is 1. The number of ether oxygens (including phenoxy) is 1. The molecule has 2 rings (SSSR count). The van der Waals surface area contributed by atoms with Crippen LogP contribution in [0.3, 0.4) is 0 Å². The van der Waals surface area contributed by atoms with Gasteiger partial charge in [0, 0.05) is 23.2 Å². The van der Waals surface area contributed by atoms with E-state index in [9.17, 15) is 4.79 Å². The molecule has 0 unspecified atom stereocenters. The minimum Gasteiger partial charge on any atom is -0.460 e. The van der Waals surface area contributed by atoms with Crippen molar-refractivity contribution in [1.82, 2.24) is 0 Å². The van der Waals surface area contributed by atoms with Gasteiger partial charge in [0.05, 0.1) is 0 Å². The van der Waals surface area contributed by atoms with Crippen LogP contribution in [0.25, 0.3) is 10.8 Å². The van der Waals surface area contributed by atoms with Crippen LogP contribution in [0.15, 0.2) is 54.6 Å². The lowest BCUT2D eigenvalue weighted by Crippen LogP contribution is -2.14. The Balaban J connectivity index is 0.00000200. The molecule has 20 heavy (non-hydrogen) atoms. The number of hydrogen-bond acceptors (Lipinski definition) is 3. The zero-order valence-electron chi connectivity index (χ0n) is 11.4. The van der Waals surface area contributed by atoms with E-state index >= 15 is 0 Å². The van der Waals surface area contributed by atoms with Crippen LogP contribution >= 0.6 is 12.4 Å². The Morgan fingerprint density at radius 1 is 1.20 bits per heavy atom. The molecule has 0 bridgehead atoms. The van der Waals surface area contributed by atoms with Crippen molar-refractivity contribution < 1.29 is 9.53 Å². The lowest BCUT2D eigenvalue weighted by Gasteiger charge is -2.10. The highest BCUT2D eigenvalue weighted by molar-refractivity contribution is 5.93. The number of hydrogen-bond donors (Lipinski definition) is 1. The highest BCUT2D eigenvalue weighted by Crippen LogP contribution is 2.22. The summed E-state index contributed by atoms with van der Waals surface area (Å²) in [5.41, 5.74) is 1.47. The van der Waals surface area contributed by atoms with E-state index in [4.69, 9.17) is 4.74 Å². The van der Waals surface area contributed by atoms with Gasteiger partial charge in [-0.3, -0.25) is 0 Å². The monoisotopic (exact) mass is 291 g/mol. The molecule has 0 spiro atoms. The van der Waals surface area contributed by atoms with Crippen LogP contribution in [0.2, 0.25) is 0 Å². The number of esters is 1. The quantitative estimate of drug-likeness (QED) is 0.517. The third-order valence-electron chi connectivity index (χ3n) is 2.79. The molecule has 0 aliphatic heterocycles. The Labute approximate surface area is 125 Å². The first-order valence-corrected chi connectivity index (χ1v) is 6.23. The molecular weight excluding hydrogens is 274 g/mol. The third-order valence-corrected chi connectivity index (χ3v) is 2.79. The predicted molar refractivity (Wildman–Crippen MR) is 85.5 cm³/mol. The number of carbonyl (C=O) groups is 1. The number of nitrogens with one attached hydrogen (secondary N) is 1.